The van der Waals surface area contributed by atoms with Crippen molar-refractivity contribution >= 4 is 11.8 Å². The molecule has 5 heteroatoms. The zero-order valence-electron chi connectivity index (χ0n) is 11.9. The van der Waals surface area contributed by atoms with Crippen LogP contribution in [0.3, 0.4) is 0 Å². The molecule has 2 rings (SSSR count). The Morgan fingerprint density at radius 1 is 0.955 bits per heavy atom. The van der Waals surface area contributed by atoms with E-state index in [0.29, 0.717) is 11.5 Å². The lowest BCUT2D eigenvalue weighted by Gasteiger charge is -2.09. The third-order valence-electron chi connectivity index (χ3n) is 3.04. The highest BCUT2D eigenvalue weighted by atomic mass is 16.5. The molecular weight excluding hydrogens is 284 g/mol. The van der Waals surface area contributed by atoms with E-state index < -0.39 is 5.97 Å². The maximum atomic E-state index is 12.0. The molecule has 0 atom stereocenters. The first-order valence-electron chi connectivity index (χ1n) is 6.87. The van der Waals surface area contributed by atoms with Gasteiger partial charge in [-0.2, -0.15) is 0 Å². The fraction of sp³-hybridized carbons (Fsp3) is 0.176. The summed E-state index contributed by atoms with van der Waals surface area (Å²) in [6.07, 6.45) is 0.221. The molecular formula is C17H16O5. The molecule has 0 saturated carbocycles. The van der Waals surface area contributed by atoms with Crippen LogP contribution in [0, 0.1) is 0 Å². The van der Waals surface area contributed by atoms with Gasteiger partial charge in [0.1, 0.15) is 17.2 Å². The molecule has 0 unspecified atom stereocenters. The Balaban J connectivity index is 2.09. The molecule has 0 spiro atoms. The van der Waals surface area contributed by atoms with E-state index in [0.717, 1.165) is 0 Å². The van der Waals surface area contributed by atoms with Crippen LogP contribution in [0.4, 0.5) is 0 Å². The lowest BCUT2D eigenvalue weighted by molar-refractivity contribution is -0.137. The van der Waals surface area contributed by atoms with Crippen molar-refractivity contribution in [3.63, 3.8) is 0 Å². The van der Waals surface area contributed by atoms with Crippen molar-refractivity contribution in [2.24, 2.45) is 0 Å². The number of carboxylic acid groups (broad SMARTS) is 1. The van der Waals surface area contributed by atoms with Crippen molar-refractivity contribution in [2.75, 3.05) is 0 Å². The summed E-state index contributed by atoms with van der Waals surface area (Å²) in [4.78, 5) is 22.5. The van der Waals surface area contributed by atoms with E-state index in [1.54, 1.807) is 18.2 Å². The zero-order valence-corrected chi connectivity index (χ0v) is 11.9. The van der Waals surface area contributed by atoms with Gasteiger partial charge in [0.2, 0.25) is 0 Å². The lowest BCUT2D eigenvalue weighted by atomic mass is 10.0. The van der Waals surface area contributed by atoms with E-state index in [1.165, 1.54) is 12.1 Å². The average molecular weight is 300 g/mol. The smallest absolute Gasteiger partial charge is 0.303 e. The van der Waals surface area contributed by atoms with E-state index in [-0.39, 0.29) is 36.4 Å². The van der Waals surface area contributed by atoms with Crippen molar-refractivity contribution in [3.05, 3.63) is 54.1 Å². The van der Waals surface area contributed by atoms with Crippen LogP contribution in [-0.4, -0.2) is 22.0 Å². The Bertz CT molecular complexity index is 664. The Hall–Kier alpha value is -2.82. The van der Waals surface area contributed by atoms with Gasteiger partial charge < -0.3 is 14.9 Å². The molecule has 0 saturated heterocycles. The third kappa shape index (κ3) is 4.34. The average Bonchev–Trinajstić information content (AvgIpc) is 2.50. The highest BCUT2D eigenvalue weighted by molar-refractivity contribution is 5.99. The molecule has 0 aliphatic rings. The summed E-state index contributed by atoms with van der Waals surface area (Å²) < 4.78 is 5.61. The quantitative estimate of drug-likeness (QED) is 0.763. The number of carboxylic acids is 1. The normalized spacial score (nSPS) is 10.2. The SMILES string of the molecule is O=C(O)CCCC(=O)c1cc(Oc2ccccc2)ccc1O. The number of carbonyl (C=O) groups is 2. The Morgan fingerprint density at radius 2 is 1.68 bits per heavy atom. The maximum absolute atomic E-state index is 12.0. The Morgan fingerprint density at radius 3 is 2.36 bits per heavy atom. The minimum absolute atomic E-state index is 0.0641. The molecule has 22 heavy (non-hydrogen) atoms. The number of benzene rings is 2. The van der Waals surface area contributed by atoms with Gasteiger partial charge in [-0.05, 0) is 36.8 Å². The molecule has 2 aromatic rings. The largest absolute Gasteiger partial charge is 0.507 e. The molecule has 0 bridgehead atoms. The van der Waals surface area contributed by atoms with Gasteiger partial charge >= 0.3 is 5.97 Å². The van der Waals surface area contributed by atoms with Crippen molar-refractivity contribution in [1.29, 1.82) is 0 Å². The monoisotopic (exact) mass is 300 g/mol. The minimum Gasteiger partial charge on any atom is -0.507 e. The molecule has 0 radical (unpaired) electrons. The highest BCUT2D eigenvalue weighted by Gasteiger charge is 2.13. The first-order valence-corrected chi connectivity index (χ1v) is 6.87. The number of hydrogen-bond donors (Lipinski definition) is 2. The lowest BCUT2D eigenvalue weighted by Crippen LogP contribution is -2.02. The number of ketones is 1. The summed E-state index contributed by atoms with van der Waals surface area (Å²) in [6, 6.07) is 13.5. The number of aromatic hydroxyl groups is 1. The number of carbonyl (C=O) groups excluding carboxylic acids is 1. The number of phenols is 1. The second-order valence-electron chi connectivity index (χ2n) is 4.76. The number of ether oxygens (including phenoxy) is 1. The first-order chi connectivity index (χ1) is 10.6. The molecule has 2 aromatic carbocycles. The Labute approximate surface area is 127 Å². The molecule has 0 amide bonds. The van der Waals surface area contributed by atoms with Crippen LogP contribution in [0.5, 0.6) is 17.2 Å². The van der Waals surface area contributed by atoms with E-state index in [2.05, 4.69) is 0 Å². The molecule has 0 aliphatic carbocycles. The number of rotatable bonds is 7. The Kier molecular flexibility index (Phi) is 5.14. The number of aliphatic carboxylic acids is 1. The zero-order chi connectivity index (χ0) is 15.9. The standard InChI is InChI=1S/C17H16O5/c18-15(7-4-8-17(20)21)14-11-13(9-10-16(14)19)22-12-5-2-1-3-6-12/h1-3,5-6,9-11,19H,4,7-8H2,(H,20,21). The van der Waals surface area contributed by atoms with Crippen LogP contribution < -0.4 is 4.74 Å². The van der Waals surface area contributed by atoms with Crippen LogP contribution in [0.1, 0.15) is 29.6 Å². The summed E-state index contributed by atoms with van der Waals surface area (Å²) in [7, 11) is 0. The number of para-hydroxylation sites is 1. The third-order valence-corrected chi connectivity index (χ3v) is 3.04. The van der Waals surface area contributed by atoms with Crippen molar-refractivity contribution in [1.82, 2.24) is 0 Å². The molecule has 5 nitrogen and oxygen atoms in total. The van der Waals surface area contributed by atoms with Crippen molar-refractivity contribution in [3.8, 4) is 17.2 Å². The molecule has 114 valence electrons. The minimum atomic E-state index is -0.946. The van der Waals surface area contributed by atoms with Crippen LogP contribution in [0.15, 0.2) is 48.5 Å². The van der Waals surface area contributed by atoms with Gasteiger partial charge in [-0.25, -0.2) is 0 Å². The predicted octanol–water partition coefficient (Wildman–Crippen LogP) is 3.62. The van der Waals surface area contributed by atoms with Crippen LogP contribution in [0.25, 0.3) is 0 Å². The van der Waals surface area contributed by atoms with Crippen LogP contribution >= 0.6 is 0 Å². The van der Waals surface area contributed by atoms with E-state index in [9.17, 15) is 14.7 Å². The maximum Gasteiger partial charge on any atom is 0.303 e. The summed E-state index contributed by atoms with van der Waals surface area (Å²) in [5, 5.41) is 18.4. The van der Waals surface area contributed by atoms with Crippen LogP contribution in [-0.2, 0) is 4.79 Å². The summed E-state index contributed by atoms with van der Waals surface area (Å²) >= 11 is 0. The summed E-state index contributed by atoms with van der Waals surface area (Å²) in [6.45, 7) is 0. The second-order valence-corrected chi connectivity index (χ2v) is 4.76. The van der Waals surface area contributed by atoms with Gasteiger partial charge in [0, 0.05) is 12.8 Å². The van der Waals surface area contributed by atoms with Gasteiger partial charge in [-0.1, -0.05) is 18.2 Å². The van der Waals surface area contributed by atoms with Crippen molar-refractivity contribution < 1.29 is 24.5 Å². The second kappa shape index (κ2) is 7.26. The summed E-state index contributed by atoms with van der Waals surface area (Å²) in [5.74, 6) is -0.334. The number of phenolic OH excluding ortho intramolecular Hbond substituents is 1. The van der Waals surface area contributed by atoms with E-state index in [4.69, 9.17) is 9.84 Å². The molecule has 0 aromatic heterocycles. The molecule has 0 heterocycles. The van der Waals surface area contributed by atoms with Gasteiger partial charge in [0.25, 0.3) is 0 Å². The van der Waals surface area contributed by atoms with Gasteiger partial charge in [-0.3, -0.25) is 9.59 Å². The molecule has 2 N–H and O–H groups in total. The number of Topliss-reactive ketones (excluding diaryl/α,β-unsaturated/α-hetero) is 1. The van der Waals surface area contributed by atoms with Crippen LogP contribution in [0.2, 0.25) is 0 Å². The fourth-order valence-corrected chi connectivity index (χ4v) is 1.96. The molecule has 0 fully saturated rings. The van der Waals surface area contributed by atoms with E-state index >= 15 is 0 Å². The first kappa shape index (κ1) is 15.6. The molecule has 0 aliphatic heterocycles. The van der Waals surface area contributed by atoms with Gasteiger partial charge in [-0.15, -0.1) is 0 Å². The highest BCUT2D eigenvalue weighted by Crippen LogP contribution is 2.28. The topological polar surface area (TPSA) is 83.8 Å². The van der Waals surface area contributed by atoms with Gasteiger partial charge in [0.05, 0.1) is 5.56 Å². The fourth-order valence-electron chi connectivity index (χ4n) is 1.96. The van der Waals surface area contributed by atoms with E-state index in [1.807, 2.05) is 18.2 Å². The predicted molar refractivity (Wildman–Crippen MR) is 80.4 cm³/mol. The number of hydrogen-bond acceptors (Lipinski definition) is 4. The van der Waals surface area contributed by atoms with Gasteiger partial charge in [0.15, 0.2) is 5.78 Å². The summed E-state index contributed by atoms with van der Waals surface area (Å²) in [5.41, 5.74) is 0.138. The van der Waals surface area contributed by atoms with Crippen molar-refractivity contribution in [2.45, 2.75) is 19.3 Å².